The third-order valence-corrected chi connectivity index (χ3v) is 5.65. The summed E-state index contributed by atoms with van der Waals surface area (Å²) < 4.78 is 40.6. The number of nitrogens with two attached hydrogens (primary N) is 1. The fraction of sp³-hybridized carbons (Fsp3) is 0.440. The lowest BCUT2D eigenvalue weighted by Gasteiger charge is -2.25. The second kappa shape index (κ2) is 10.0. The van der Waals surface area contributed by atoms with Gasteiger partial charge in [-0.25, -0.2) is 15.0 Å². The van der Waals surface area contributed by atoms with E-state index < -0.39 is 11.7 Å². The Morgan fingerprint density at radius 3 is 2.29 bits per heavy atom. The highest BCUT2D eigenvalue weighted by atomic mass is 19.4. The number of benzene rings is 1. The maximum absolute atomic E-state index is 13.5. The summed E-state index contributed by atoms with van der Waals surface area (Å²) in [6.45, 7) is 7.13. The van der Waals surface area contributed by atoms with Gasteiger partial charge < -0.3 is 16.1 Å². The summed E-state index contributed by atoms with van der Waals surface area (Å²) in [6, 6.07) is 10.4. The molecule has 2 aromatic rings. The van der Waals surface area contributed by atoms with E-state index in [4.69, 9.17) is 10.7 Å². The average molecular weight is 475 g/mol. The zero-order valence-electron chi connectivity index (χ0n) is 20.4. The van der Waals surface area contributed by atoms with Gasteiger partial charge in [0.1, 0.15) is 11.7 Å². The lowest BCUT2D eigenvalue weighted by molar-refractivity contribution is -0.137. The molecule has 1 aliphatic rings. The van der Waals surface area contributed by atoms with Crippen LogP contribution < -0.4 is 16.1 Å². The van der Waals surface area contributed by atoms with Crippen molar-refractivity contribution in [2.75, 3.05) is 32.1 Å². The lowest BCUT2D eigenvalue weighted by atomic mass is 9.87. The van der Waals surface area contributed by atoms with E-state index >= 15 is 0 Å². The van der Waals surface area contributed by atoms with Crippen molar-refractivity contribution in [1.82, 2.24) is 15.4 Å². The second-order valence-corrected chi connectivity index (χ2v) is 9.63. The molecule has 0 atom stereocenters. The van der Waals surface area contributed by atoms with Crippen LogP contribution in [-0.2, 0) is 11.6 Å². The van der Waals surface area contributed by atoms with Crippen molar-refractivity contribution >= 4 is 17.3 Å². The zero-order chi connectivity index (χ0) is 25.1. The van der Waals surface area contributed by atoms with E-state index in [1.165, 1.54) is 17.8 Å². The zero-order valence-corrected chi connectivity index (χ0v) is 20.4. The minimum absolute atomic E-state index is 0.0331. The van der Waals surface area contributed by atoms with Crippen LogP contribution in [0.15, 0.2) is 58.9 Å². The normalized spacial score (nSPS) is 16.1. The highest BCUT2D eigenvalue weighted by Crippen LogP contribution is 2.36. The highest BCUT2D eigenvalue weighted by Gasteiger charge is 2.36. The van der Waals surface area contributed by atoms with Gasteiger partial charge >= 0.3 is 6.18 Å². The first-order valence-electron chi connectivity index (χ1n) is 11.2. The molecular weight excluding hydrogens is 441 g/mol. The van der Waals surface area contributed by atoms with Crippen molar-refractivity contribution < 1.29 is 13.2 Å². The molecule has 1 aliphatic heterocycles. The summed E-state index contributed by atoms with van der Waals surface area (Å²) in [5.41, 5.74) is 12.3. The van der Waals surface area contributed by atoms with Crippen LogP contribution in [0.5, 0.6) is 0 Å². The topological polar surface area (TPSA) is 69.8 Å². The predicted octanol–water partition coefficient (Wildman–Crippen LogP) is 5.01. The molecule has 0 radical (unpaired) electrons. The van der Waals surface area contributed by atoms with Gasteiger partial charge in [0.05, 0.1) is 11.3 Å². The molecule has 0 amide bonds. The van der Waals surface area contributed by atoms with Gasteiger partial charge in [0.2, 0.25) is 0 Å². The number of hydrazine groups is 1. The number of alkyl halides is 3. The quantitative estimate of drug-likeness (QED) is 0.371. The van der Waals surface area contributed by atoms with Crippen LogP contribution in [0.25, 0.3) is 0 Å². The van der Waals surface area contributed by atoms with Crippen molar-refractivity contribution in [3.8, 4) is 0 Å². The van der Waals surface area contributed by atoms with E-state index in [1.807, 2.05) is 26.2 Å². The number of halogens is 3. The number of nitrogens with one attached hydrogen (secondary N) is 1. The Balaban J connectivity index is 1.90. The summed E-state index contributed by atoms with van der Waals surface area (Å²) in [5, 5.41) is 1.77. The van der Waals surface area contributed by atoms with Crippen molar-refractivity contribution in [2.24, 2.45) is 10.7 Å². The molecule has 0 saturated carbocycles. The van der Waals surface area contributed by atoms with Gasteiger partial charge in [-0.1, -0.05) is 32.9 Å². The molecular formula is C25H33F3N6. The smallest absolute Gasteiger partial charge is 0.402 e. The van der Waals surface area contributed by atoms with Crippen LogP contribution in [-0.4, -0.2) is 43.0 Å². The Kier molecular flexibility index (Phi) is 7.55. The molecule has 1 aromatic heterocycles. The van der Waals surface area contributed by atoms with Crippen LogP contribution in [0.4, 0.5) is 24.7 Å². The molecule has 3 N–H and O–H groups in total. The van der Waals surface area contributed by atoms with Gasteiger partial charge in [0.15, 0.2) is 0 Å². The molecule has 6 nitrogen and oxygen atoms in total. The molecule has 2 heterocycles. The predicted molar refractivity (Wildman–Crippen MR) is 131 cm³/mol. The second-order valence-electron chi connectivity index (χ2n) is 9.63. The Morgan fingerprint density at radius 1 is 1.06 bits per heavy atom. The molecule has 0 spiro atoms. The number of hydrogen-bond acceptors (Lipinski definition) is 5. The molecule has 0 saturated heterocycles. The summed E-state index contributed by atoms with van der Waals surface area (Å²) >= 11 is 0. The van der Waals surface area contributed by atoms with Gasteiger partial charge in [-0.3, -0.25) is 0 Å². The minimum Gasteiger partial charge on any atom is -0.402 e. The largest absolute Gasteiger partial charge is 0.419 e. The molecule has 0 bridgehead atoms. The van der Waals surface area contributed by atoms with Crippen molar-refractivity contribution in [3.05, 3.63) is 65.0 Å². The fourth-order valence-corrected chi connectivity index (χ4v) is 3.81. The lowest BCUT2D eigenvalue weighted by Crippen LogP contribution is -2.38. The van der Waals surface area contributed by atoms with Gasteiger partial charge in [-0.15, -0.1) is 0 Å². The van der Waals surface area contributed by atoms with Crippen LogP contribution in [0.1, 0.15) is 44.7 Å². The van der Waals surface area contributed by atoms with E-state index in [1.54, 1.807) is 9.91 Å². The molecule has 184 valence electrons. The van der Waals surface area contributed by atoms with Crippen LogP contribution in [0.2, 0.25) is 0 Å². The van der Waals surface area contributed by atoms with Gasteiger partial charge in [0, 0.05) is 51.1 Å². The van der Waals surface area contributed by atoms with Crippen molar-refractivity contribution in [2.45, 2.75) is 45.2 Å². The standard InChI is InChI=1S/C25H33F3N6/c1-24(2,3)17-8-10-18(11-9-17)31-22(32-33(4)5)19-12-15-34(16-13-21(19)29)23-20(25(26,27)28)7-6-14-30-23/h6-11,14H,12-13,15-16,29H2,1-5H3,(H,31,32). The van der Waals surface area contributed by atoms with Crippen LogP contribution in [0.3, 0.4) is 0 Å². The molecule has 9 heteroatoms. The number of anilines is 1. The van der Waals surface area contributed by atoms with Crippen molar-refractivity contribution in [1.29, 1.82) is 0 Å². The van der Waals surface area contributed by atoms with E-state index in [-0.39, 0.29) is 11.2 Å². The van der Waals surface area contributed by atoms with Crippen LogP contribution in [0, 0.1) is 0 Å². The summed E-state index contributed by atoms with van der Waals surface area (Å²) in [7, 11) is 3.70. The summed E-state index contributed by atoms with van der Waals surface area (Å²) in [4.78, 5) is 10.5. The van der Waals surface area contributed by atoms with E-state index in [2.05, 4.69) is 43.3 Å². The Morgan fingerprint density at radius 2 is 1.71 bits per heavy atom. The van der Waals surface area contributed by atoms with E-state index in [0.29, 0.717) is 37.5 Å². The maximum Gasteiger partial charge on any atom is 0.419 e. The number of pyridine rings is 1. The number of hydrogen-bond donors (Lipinski definition) is 2. The number of nitrogens with zero attached hydrogens (tertiary/aromatic N) is 4. The molecule has 0 fully saturated rings. The monoisotopic (exact) mass is 474 g/mol. The molecule has 3 rings (SSSR count). The highest BCUT2D eigenvalue weighted by molar-refractivity contribution is 6.00. The Labute approximate surface area is 199 Å². The van der Waals surface area contributed by atoms with Gasteiger partial charge in [-0.05, 0) is 41.7 Å². The van der Waals surface area contributed by atoms with Gasteiger partial charge in [0.25, 0.3) is 0 Å². The molecule has 1 aromatic carbocycles. The SMILES string of the molecule is CN(C)NC(=Nc1ccc(C(C)(C)C)cc1)C1=C(N)CCN(c2ncccc2C(F)(F)F)CC1. The first-order valence-corrected chi connectivity index (χ1v) is 11.2. The number of aromatic nitrogens is 1. The number of aliphatic imine (C=N–C) groups is 1. The maximum atomic E-state index is 13.5. The fourth-order valence-electron chi connectivity index (χ4n) is 3.81. The summed E-state index contributed by atoms with van der Waals surface area (Å²) in [6.07, 6.45) is -2.26. The van der Waals surface area contributed by atoms with E-state index in [0.717, 1.165) is 17.3 Å². The average Bonchev–Trinajstić information content (AvgIpc) is 2.94. The summed E-state index contributed by atoms with van der Waals surface area (Å²) in [5.74, 6) is 0.519. The molecule has 34 heavy (non-hydrogen) atoms. The Bertz CT molecular complexity index is 1050. The number of amidine groups is 1. The first kappa shape index (κ1) is 25.6. The third kappa shape index (κ3) is 6.28. The Hall–Kier alpha value is -3.07. The third-order valence-electron chi connectivity index (χ3n) is 5.65. The van der Waals surface area contributed by atoms with Crippen molar-refractivity contribution in [3.63, 3.8) is 0 Å². The van der Waals surface area contributed by atoms with Gasteiger partial charge in [-0.2, -0.15) is 13.2 Å². The molecule has 0 unspecified atom stereocenters. The number of rotatable bonds is 4. The van der Waals surface area contributed by atoms with E-state index in [9.17, 15) is 13.2 Å². The van der Waals surface area contributed by atoms with Crippen LogP contribution >= 0.6 is 0 Å². The molecule has 0 aliphatic carbocycles. The first-order chi connectivity index (χ1) is 15.9. The minimum atomic E-state index is -4.48.